The first-order valence-electron chi connectivity index (χ1n) is 21.6. The number of hydrogen-bond acceptors (Lipinski definition) is 1. The van der Waals surface area contributed by atoms with Crippen LogP contribution < -0.4 is 4.90 Å². The minimum absolute atomic E-state index is 0.0115. The SMILES string of the molecule is Cc1cccc(C)c1N(c1ccccc1)c1ccc2c3cc(C(C)(C)C)cc4c3n(c2c1)C1=Cc2c(n3c5ccc(C(C)(C)C)cc5c5cc(C(C)(C)C)cc2c53)CC14. The van der Waals surface area contributed by atoms with E-state index in [4.69, 9.17) is 0 Å². The molecule has 2 aliphatic rings. The summed E-state index contributed by atoms with van der Waals surface area (Å²) < 4.78 is 5.31. The van der Waals surface area contributed by atoms with Crippen molar-refractivity contribution in [3.8, 4) is 0 Å². The third-order valence-electron chi connectivity index (χ3n) is 13.8. The van der Waals surface area contributed by atoms with E-state index in [0.717, 1.165) is 6.42 Å². The van der Waals surface area contributed by atoms with Crippen LogP contribution in [0.1, 0.15) is 113 Å². The van der Waals surface area contributed by atoms with Crippen LogP contribution in [0.25, 0.3) is 60.8 Å². The van der Waals surface area contributed by atoms with Crippen molar-refractivity contribution in [2.45, 2.75) is 105 Å². The molecule has 3 aromatic heterocycles. The van der Waals surface area contributed by atoms with E-state index in [1.807, 2.05) is 0 Å². The third kappa shape index (κ3) is 5.13. The number of nitrogens with zero attached hydrogens (tertiary/aromatic N) is 3. The van der Waals surface area contributed by atoms with Gasteiger partial charge in [-0.2, -0.15) is 0 Å². The number of anilines is 3. The van der Waals surface area contributed by atoms with Gasteiger partial charge >= 0.3 is 0 Å². The van der Waals surface area contributed by atoms with Gasteiger partial charge in [-0.05, 0) is 124 Å². The van der Waals surface area contributed by atoms with Gasteiger partial charge in [-0.15, -0.1) is 0 Å². The van der Waals surface area contributed by atoms with E-state index in [1.165, 1.54) is 116 Å². The molecular weight excluding hydrogens is 715 g/mol. The van der Waals surface area contributed by atoms with E-state index >= 15 is 0 Å². The molecule has 0 saturated heterocycles. The number of benzene rings is 6. The third-order valence-corrected chi connectivity index (χ3v) is 13.8. The highest BCUT2D eigenvalue weighted by Gasteiger charge is 2.39. The monoisotopic (exact) mass is 769 g/mol. The molecule has 6 aromatic carbocycles. The molecule has 0 N–H and O–H groups in total. The Morgan fingerprint density at radius 1 is 0.525 bits per heavy atom. The molecule has 0 saturated carbocycles. The average molecular weight is 770 g/mol. The fourth-order valence-corrected chi connectivity index (χ4v) is 10.6. The summed E-state index contributed by atoms with van der Waals surface area (Å²) in [6.07, 6.45) is 3.56. The summed E-state index contributed by atoms with van der Waals surface area (Å²) in [5.41, 5.74) is 21.5. The Morgan fingerprint density at radius 3 is 1.83 bits per heavy atom. The number of aromatic nitrogens is 2. The maximum atomic E-state index is 2.66. The number of allylic oxidation sites excluding steroid dienone is 1. The van der Waals surface area contributed by atoms with Gasteiger partial charge in [0, 0.05) is 67.6 Å². The molecule has 0 amide bonds. The lowest BCUT2D eigenvalue weighted by molar-refractivity contribution is 0.590. The van der Waals surface area contributed by atoms with Crippen molar-refractivity contribution in [1.82, 2.24) is 8.97 Å². The maximum absolute atomic E-state index is 2.66. The number of hydrogen-bond donors (Lipinski definition) is 0. The second-order valence-electron chi connectivity index (χ2n) is 20.8. The fourth-order valence-electron chi connectivity index (χ4n) is 10.6. The Labute approximate surface area is 348 Å². The zero-order valence-corrected chi connectivity index (χ0v) is 36.6. The smallest absolute Gasteiger partial charge is 0.0617 e. The molecule has 59 heavy (non-hydrogen) atoms. The largest absolute Gasteiger partial charge is 0.312 e. The molecule has 0 radical (unpaired) electrons. The standard InChI is InChI=1S/C56H55N3/c1-32-16-15-17-33(2)51(32)57(37-18-13-12-14-19-37)38-21-22-39-43-25-35(55(6,7)8)27-45-42-30-49-41(31-50(42)59(52(43)45)48(39)29-38)46-28-36(56(9,10)11)26-44-40-24-34(54(3,4)5)20-23-47(40)58(49)53(44)46/h12-29,31,42H,30H2,1-11H3. The number of para-hydroxylation sites is 2. The maximum Gasteiger partial charge on any atom is 0.0617 e. The summed E-state index contributed by atoms with van der Waals surface area (Å²) >= 11 is 0. The summed E-state index contributed by atoms with van der Waals surface area (Å²) in [6, 6.07) is 42.1. The van der Waals surface area contributed by atoms with Crippen molar-refractivity contribution in [2.24, 2.45) is 0 Å². The molecule has 1 aliphatic carbocycles. The van der Waals surface area contributed by atoms with Gasteiger partial charge < -0.3 is 13.9 Å². The van der Waals surface area contributed by atoms with Crippen molar-refractivity contribution in [3.05, 3.63) is 154 Å². The zero-order chi connectivity index (χ0) is 41.1. The molecule has 0 bridgehead atoms. The van der Waals surface area contributed by atoms with Gasteiger partial charge in [0.1, 0.15) is 0 Å². The van der Waals surface area contributed by atoms with E-state index in [2.05, 4.69) is 205 Å². The van der Waals surface area contributed by atoms with Gasteiger partial charge in [0.2, 0.25) is 0 Å². The first-order valence-corrected chi connectivity index (χ1v) is 21.6. The van der Waals surface area contributed by atoms with Gasteiger partial charge in [-0.25, -0.2) is 0 Å². The first-order chi connectivity index (χ1) is 28.0. The Hall–Kier alpha value is -5.80. The first kappa shape index (κ1) is 36.3. The summed E-state index contributed by atoms with van der Waals surface area (Å²) in [5.74, 6) is 0.253. The van der Waals surface area contributed by atoms with Crippen LogP contribution in [0.3, 0.4) is 0 Å². The van der Waals surface area contributed by atoms with Gasteiger partial charge in [-0.1, -0.05) is 117 Å². The van der Waals surface area contributed by atoms with Crippen LogP contribution in [-0.2, 0) is 22.7 Å². The molecule has 3 nitrogen and oxygen atoms in total. The van der Waals surface area contributed by atoms with E-state index in [-0.39, 0.29) is 22.2 Å². The van der Waals surface area contributed by atoms with Crippen molar-refractivity contribution in [1.29, 1.82) is 0 Å². The lowest BCUT2D eigenvalue weighted by Gasteiger charge is -2.29. The minimum Gasteiger partial charge on any atom is -0.312 e. The van der Waals surface area contributed by atoms with Crippen LogP contribution in [0.2, 0.25) is 0 Å². The van der Waals surface area contributed by atoms with Crippen LogP contribution in [-0.4, -0.2) is 8.97 Å². The quantitative estimate of drug-likeness (QED) is 0.174. The second-order valence-corrected chi connectivity index (χ2v) is 20.8. The molecule has 1 unspecified atom stereocenters. The van der Waals surface area contributed by atoms with Gasteiger partial charge in [0.15, 0.2) is 0 Å². The normalized spacial score (nSPS) is 15.6. The van der Waals surface area contributed by atoms with E-state index < -0.39 is 0 Å². The predicted molar refractivity (Wildman–Crippen MR) is 254 cm³/mol. The van der Waals surface area contributed by atoms with Crippen LogP contribution in [0.5, 0.6) is 0 Å². The molecule has 9 aromatic rings. The number of aryl methyl sites for hydroxylation is 2. The zero-order valence-electron chi connectivity index (χ0n) is 36.6. The molecule has 1 aliphatic heterocycles. The Balaban J connectivity index is 1.22. The molecule has 294 valence electrons. The predicted octanol–water partition coefficient (Wildman–Crippen LogP) is 15.4. The Kier molecular flexibility index (Phi) is 7.32. The van der Waals surface area contributed by atoms with Crippen LogP contribution in [0, 0.1) is 13.8 Å². The average Bonchev–Trinajstić information content (AvgIpc) is 3.90. The highest BCUT2D eigenvalue weighted by Crippen LogP contribution is 2.55. The van der Waals surface area contributed by atoms with Crippen molar-refractivity contribution >= 4 is 77.8 Å². The molecule has 1 atom stereocenters. The van der Waals surface area contributed by atoms with Crippen molar-refractivity contribution < 1.29 is 0 Å². The van der Waals surface area contributed by atoms with Crippen LogP contribution in [0.15, 0.2) is 109 Å². The highest BCUT2D eigenvalue weighted by molar-refractivity contribution is 6.20. The molecule has 11 rings (SSSR count). The Bertz CT molecular complexity index is 3230. The molecule has 4 heterocycles. The number of fused-ring (bicyclic) bond motifs is 12. The molecule has 3 heteroatoms. The fraction of sp³-hybridized carbons (Fsp3) is 0.286. The summed E-state index contributed by atoms with van der Waals surface area (Å²) in [7, 11) is 0. The van der Waals surface area contributed by atoms with E-state index in [1.54, 1.807) is 0 Å². The summed E-state index contributed by atoms with van der Waals surface area (Å²) in [5, 5.41) is 6.82. The van der Waals surface area contributed by atoms with Gasteiger partial charge in [0.25, 0.3) is 0 Å². The van der Waals surface area contributed by atoms with E-state index in [9.17, 15) is 0 Å². The topological polar surface area (TPSA) is 12.6 Å². The Morgan fingerprint density at radius 2 is 1.15 bits per heavy atom. The molecule has 0 spiro atoms. The lowest BCUT2D eigenvalue weighted by Crippen LogP contribution is -2.14. The highest BCUT2D eigenvalue weighted by atomic mass is 15.2. The van der Waals surface area contributed by atoms with Crippen molar-refractivity contribution in [3.63, 3.8) is 0 Å². The summed E-state index contributed by atoms with van der Waals surface area (Å²) in [4.78, 5) is 2.47. The van der Waals surface area contributed by atoms with Gasteiger partial charge in [0.05, 0.1) is 27.8 Å². The number of rotatable bonds is 3. The van der Waals surface area contributed by atoms with Crippen molar-refractivity contribution in [2.75, 3.05) is 4.90 Å². The van der Waals surface area contributed by atoms with E-state index in [0.29, 0.717) is 0 Å². The van der Waals surface area contributed by atoms with Crippen LogP contribution in [0.4, 0.5) is 17.1 Å². The van der Waals surface area contributed by atoms with Gasteiger partial charge in [-0.3, -0.25) is 0 Å². The second kappa shape index (κ2) is 11.9. The minimum atomic E-state index is 0.0115. The lowest BCUT2D eigenvalue weighted by atomic mass is 9.80. The summed E-state index contributed by atoms with van der Waals surface area (Å²) in [6.45, 7) is 25.6. The molecular formula is C56H55N3. The van der Waals surface area contributed by atoms with Crippen LogP contribution >= 0.6 is 0 Å². The molecule has 0 fully saturated rings.